The van der Waals surface area contributed by atoms with Crippen molar-refractivity contribution in [3.05, 3.63) is 0 Å². The van der Waals surface area contributed by atoms with Gasteiger partial charge in [-0.3, -0.25) is 4.79 Å². The molecule has 0 aliphatic heterocycles. The maximum Gasteiger partial charge on any atom is 0.246 e. The van der Waals surface area contributed by atoms with E-state index in [1.54, 1.807) is 0 Å². The highest BCUT2D eigenvalue weighted by Crippen LogP contribution is 1.87. The van der Waals surface area contributed by atoms with Crippen LogP contribution in [0.4, 0.5) is 0 Å². The van der Waals surface area contributed by atoms with E-state index < -0.39 is 0 Å². The monoisotopic (exact) mass is 219 g/mol. The molecule has 0 bridgehead atoms. The molecule has 0 aromatic carbocycles. The van der Waals surface area contributed by atoms with Crippen LogP contribution in [0.25, 0.3) is 0 Å². The lowest BCUT2D eigenvalue weighted by molar-refractivity contribution is -0.126. The Morgan fingerprint density at radius 2 is 2.00 bits per heavy atom. The first kappa shape index (κ1) is 14.3. The van der Waals surface area contributed by atoms with Gasteiger partial charge < -0.3 is 19.9 Å². The van der Waals surface area contributed by atoms with Gasteiger partial charge >= 0.3 is 0 Å². The minimum atomic E-state index is -0.211. The molecule has 5 nitrogen and oxygen atoms in total. The van der Waals surface area contributed by atoms with E-state index in [2.05, 4.69) is 12.2 Å². The van der Waals surface area contributed by atoms with Gasteiger partial charge in [0.25, 0.3) is 0 Å². The van der Waals surface area contributed by atoms with Gasteiger partial charge in [-0.25, -0.2) is 0 Å². The first-order chi connectivity index (χ1) is 7.31. The van der Waals surface area contributed by atoms with Crippen LogP contribution in [-0.4, -0.2) is 50.6 Å². The summed E-state index contributed by atoms with van der Waals surface area (Å²) in [6.45, 7) is 4.05. The molecule has 0 unspecified atom stereocenters. The largest absolute Gasteiger partial charge is 0.395 e. The van der Waals surface area contributed by atoms with Gasteiger partial charge in [-0.05, 0) is 6.42 Å². The summed E-state index contributed by atoms with van der Waals surface area (Å²) in [5.74, 6) is -0.211. The van der Waals surface area contributed by atoms with Crippen LogP contribution in [0.15, 0.2) is 0 Å². The Kier molecular flexibility index (Phi) is 10.9. The van der Waals surface area contributed by atoms with E-state index in [1.807, 2.05) is 0 Å². The van der Waals surface area contributed by atoms with Crippen LogP contribution in [0.3, 0.4) is 0 Å². The lowest BCUT2D eigenvalue weighted by Crippen LogP contribution is -2.30. The van der Waals surface area contributed by atoms with Gasteiger partial charge in [0.2, 0.25) is 5.91 Å². The van der Waals surface area contributed by atoms with Crippen LogP contribution < -0.4 is 5.32 Å². The number of rotatable bonds is 10. The number of hydrogen-bond donors (Lipinski definition) is 2. The van der Waals surface area contributed by atoms with Crippen molar-refractivity contribution in [3.8, 4) is 0 Å². The number of nitrogens with one attached hydrogen (secondary N) is 1. The Morgan fingerprint density at radius 3 is 2.67 bits per heavy atom. The van der Waals surface area contributed by atoms with Crippen molar-refractivity contribution in [1.29, 1.82) is 0 Å². The van der Waals surface area contributed by atoms with Gasteiger partial charge in [-0.15, -0.1) is 0 Å². The quantitative estimate of drug-likeness (QED) is 0.505. The normalized spacial score (nSPS) is 10.3. The second-order valence-electron chi connectivity index (χ2n) is 3.09. The van der Waals surface area contributed by atoms with Gasteiger partial charge in [0, 0.05) is 13.2 Å². The Labute approximate surface area is 90.8 Å². The third kappa shape index (κ3) is 11.3. The minimum absolute atomic E-state index is 0.0249. The number of carbonyl (C=O) groups excluding carboxylic acids is 1. The first-order valence-electron chi connectivity index (χ1n) is 5.34. The fourth-order valence-electron chi connectivity index (χ4n) is 0.878. The molecule has 0 fully saturated rings. The average Bonchev–Trinajstić information content (AvgIpc) is 2.25. The van der Waals surface area contributed by atoms with Crippen LogP contribution in [0, 0.1) is 0 Å². The van der Waals surface area contributed by atoms with Gasteiger partial charge in [0.1, 0.15) is 6.61 Å². The third-order valence-electron chi connectivity index (χ3n) is 1.68. The Hall–Kier alpha value is -0.650. The van der Waals surface area contributed by atoms with E-state index in [4.69, 9.17) is 14.6 Å². The molecule has 0 aromatic rings. The predicted molar refractivity (Wildman–Crippen MR) is 56.6 cm³/mol. The van der Waals surface area contributed by atoms with Gasteiger partial charge in [-0.1, -0.05) is 13.3 Å². The van der Waals surface area contributed by atoms with Crippen molar-refractivity contribution in [2.45, 2.75) is 19.8 Å². The van der Waals surface area contributed by atoms with Crippen molar-refractivity contribution in [2.75, 3.05) is 39.6 Å². The molecule has 0 rings (SSSR count). The molecule has 0 spiro atoms. The highest BCUT2D eigenvalue weighted by atomic mass is 16.5. The minimum Gasteiger partial charge on any atom is -0.395 e. The number of aliphatic hydroxyl groups excluding tert-OH is 1. The van der Waals surface area contributed by atoms with Crippen LogP contribution in [0.1, 0.15) is 19.8 Å². The summed E-state index contributed by atoms with van der Waals surface area (Å²) in [5, 5.41) is 10.9. The molecule has 0 saturated carbocycles. The van der Waals surface area contributed by atoms with E-state index in [-0.39, 0.29) is 25.7 Å². The molecular formula is C10H21NO4. The second kappa shape index (κ2) is 11.4. The van der Waals surface area contributed by atoms with Crippen molar-refractivity contribution in [3.63, 3.8) is 0 Å². The number of amides is 1. The Bertz CT molecular complexity index is 152. The van der Waals surface area contributed by atoms with E-state index >= 15 is 0 Å². The van der Waals surface area contributed by atoms with Crippen LogP contribution in [-0.2, 0) is 14.3 Å². The fraction of sp³-hybridized carbons (Fsp3) is 0.900. The predicted octanol–water partition coefficient (Wildman–Crippen LogP) is -0.0718. The molecule has 0 aliphatic carbocycles. The van der Waals surface area contributed by atoms with Crippen LogP contribution in [0.2, 0.25) is 0 Å². The van der Waals surface area contributed by atoms with E-state index in [0.717, 1.165) is 19.4 Å². The van der Waals surface area contributed by atoms with Crippen molar-refractivity contribution >= 4 is 5.91 Å². The summed E-state index contributed by atoms with van der Waals surface area (Å²) >= 11 is 0. The Balaban J connectivity index is 3.06. The number of aliphatic hydroxyl groups is 1. The standard InChI is InChI=1S/C10H21NO4/c1-2-3-6-14-7-8-15-9-10(13)11-4-5-12/h12H,2-9H2,1H3,(H,11,13). The van der Waals surface area contributed by atoms with Crippen molar-refractivity contribution < 1.29 is 19.4 Å². The highest BCUT2D eigenvalue weighted by molar-refractivity contribution is 5.77. The summed E-state index contributed by atoms with van der Waals surface area (Å²) < 4.78 is 10.3. The van der Waals surface area contributed by atoms with Gasteiger partial charge in [-0.2, -0.15) is 0 Å². The van der Waals surface area contributed by atoms with Crippen molar-refractivity contribution in [2.24, 2.45) is 0 Å². The van der Waals surface area contributed by atoms with E-state index in [1.165, 1.54) is 0 Å². The topological polar surface area (TPSA) is 67.8 Å². The van der Waals surface area contributed by atoms with Crippen LogP contribution in [0.5, 0.6) is 0 Å². The summed E-state index contributed by atoms with van der Waals surface area (Å²) in [7, 11) is 0. The molecule has 0 aromatic heterocycles. The number of hydrogen-bond acceptors (Lipinski definition) is 4. The molecule has 90 valence electrons. The van der Waals surface area contributed by atoms with Crippen LogP contribution >= 0.6 is 0 Å². The molecule has 1 amide bonds. The zero-order valence-corrected chi connectivity index (χ0v) is 9.33. The Morgan fingerprint density at radius 1 is 1.27 bits per heavy atom. The van der Waals surface area contributed by atoms with Crippen molar-refractivity contribution in [1.82, 2.24) is 5.32 Å². The molecule has 0 atom stereocenters. The number of carbonyl (C=O) groups is 1. The lowest BCUT2D eigenvalue weighted by atomic mass is 10.4. The van der Waals surface area contributed by atoms with Gasteiger partial charge in [0.05, 0.1) is 19.8 Å². The first-order valence-corrected chi connectivity index (χ1v) is 5.34. The summed E-state index contributed by atoms with van der Waals surface area (Å²) in [6, 6.07) is 0. The second-order valence-corrected chi connectivity index (χ2v) is 3.09. The zero-order chi connectivity index (χ0) is 11.4. The summed E-state index contributed by atoms with van der Waals surface area (Å²) in [5.41, 5.74) is 0. The molecule has 0 aliphatic rings. The highest BCUT2D eigenvalue weighted by Gasteiger charge is 1.99. The molecule has 0 heterocycles. The van der Waals surface area contributed by atoms with E-state index in [0.29, 0.717) is 13.2 Å². The average molecular weight is 219 g/mol. The molecule has 0 radical (unpaired) electrons. The molecule has 5 heteroatoms. The lowest BCUT2D eigenvalue weighted by Gasteiger charge is -2.05. The maximum absolute atomic E-state index is 10.9. The SMILES string of the molecule is CCCCOCCOCC(=O)NCCO. The van der Waals surface area contributed by atoms with E-state index in [9.17, 15) is 4.79 Å². The number of unbranched alkanes of at least 4 members (excludes halogenated alkanes) is 1. The molecule has 15 heavy (non-hydrogen) atoms. The smallest absolute Gasteiger partial charge is 0.246 e. The molecule has 0 saturated heterocycles. The summed E-state index contributed by atoms with van der Waals surface area (Å²) in [6.07, 6.45) is 2.17. The third-order valence-corrected chi connectivity index (χ3v) is 1.68. The molecular weight excluding hydrogens is 198 g/mol. The van der Waals surface area contributed by atoms with Gasteiger partial charge in [0.15, 0.2) is 0 Å². The summed E-state index contributed by atoms with van der Waals surface area (Å²) in [4.78, 5) is 10.9. The molecule has 2 N–H and O–H groups in total. The zero-order valence-electron chi connectivity index (χ0n) is 9.33. The number of ether oxygens (including phenoxy) is 2. The maximum atomic E-state index is 10.9. The fourth-order valence-corrected chi connectivity index (χ4v) is 0.878.